The average molecular weight is 777 g/mol. The molecule has 256 valence electrons. The summed E-state index contributed by atoms with van der Waals surface area (Å²) in [6.45, 7) is 22.8. The number of benzene rings is 4. The standard InChI is InChI=1S/C21H25O.C20H23.C2H6Si.2ClH.Zr/c1-14-11-16-13-18(21(2,3)4)20(22-5)19(17(16)12-14)15-9-7-6-8-10-15;1-14-12-16-6-5-7-18(19(16)13-14)15-8-10-17(11-9-15)20(2,3)4;1-3-2;;;/h6-11,13-14H,12H2,1-5H3;5-12,14H,13H2,1-4H3;1-2H3;2*1H;/q2*-1;;;;+2/p-2. The van der Waals surface area contributed by atoms with Crippen LogP contribution in [0.1, 0.15) is 88.8 Å². The van der Waals surface area contributed by atoms with Gasteiger partial charge in [-0.2, -0.15) is 36.1 Å². The van der Waals surface area contributed by atoms with Crippen molar-refractivity contribution in [3.63, 3.8) is 0 Å². The van der Waals surface area contributed by atoms with Gasteiger partial charge in [0.05, 0.1) is 7.11 Å². The van der Waals surface area contributed by atoms with E-state index in [9.17, 15) is 0 Å². The molecule has 0 radical (unpaired) electrons. The van der Waals surface area contributed by atoms with Gasteiger partial charge in [0.1, 0.15) is 5.75 Å². The maximum Gasteiger partial charge on any atom is -1.00 e. The van der Waals surface area contributed by atoms with Crippen LogP contribution in [0, 0.1) is 24.7 Å². The first-order chi connectivity index (χ1) is 21.6. The SMILES string of the molecule is CC1[CH-]c2cccc(-c3ccc(C(C)(C)C)cc3)c2C1.COc1c(C(C)(C)C)cc2c(c1-c1ccccc1)CC(C)[CH-]2.C[Si](C)=[Zr+2].[Cl-].[Cl-]. The van der Waals surface area contributed by atoms with Crippen LogP contribution in [0.3, 0.4) is 0 Å². The van der Waals surface area contributed by atoms with Crippen LogP contribution in [0.25, 0.3) is 22.3 Å². The van der Waals surface area contributed by atoms with E-state index < -0.39 is 0 Å². The van der Waals surface area contributed by atoms with E-state index in [4.69, 9.17) is 4.74 Å². The fourth-order valence-electron chi connectivity index (χ4n) is 6.56. The van der Waals surface area contributed by atoms with Gasteiger partial charge in [-0.3, -0.25) is 0 Å². The monoisotopic (exact) mass is 774 g/mol. The molecule has 0 amide bonds. The summed E-state index contributed by atoms with van der Waals surface area (Å²) >= 11 is 1.74. The molecule has 0 bridgehead atoms. The van der Waals surface area contributed by atoms with Crippen molar-refractivity contribution in [1.82, 2.24) is 0 Å². The molecule has 0 aromatic heterocycles. The Kier molecular flexibility index (Phi) is 15.7. The summed E-state index contributed by atoms with van der Waals surface area (Å²) in [4.78, 5) is 0. The molecule has 0 aliphatic heterocycles. The quantitative estimate of drug-likeness (QED) is 0.195. The maximum absolute atomic E-state index is 5.90. The third kappa shape index (κ3) is 10.6. The van der Waals surface area contributed by atoms with Crippen LogP contribution < -0.4 is 29.6 Å². The third-order valence-corrected chi connectivity index (χ3v) is 8.75. The van der Waals surface area contributed by atoms with Gasteiger partial charge < -0.3 is 29.6 Å². The molecule has 1 nitrogen and oxygen atoms in total. The largest absolute Gasteiger partial charge is 1.00 e. The third-order valence-electron chi connectivity index (χ3n) is 8.75. The van der Waals surface area contributed by atoms with E-state index in [1.54, 1.807) is 30.4 Å². The number of methoxy groups -OCH3 is 1. The van der Waals surface area contributed by atoms with E-state index in [0.29, 0.717) is 11.8 Å². The van der Waals surface area contributed by atoms with Crippen molar-refractivity contribution >= 4 is 5.43 Å². The molecule has 2 unspecified atom stereocenters. The van der Waals surface area contributed by atoms with Crippen molar-refractivity contribution in [2.75, 3.05) is 7.11 Å². The van der Waals surface area contributed by atoms with Gasteiger partial charge in [-0.25, -0.2) is 0 Å². The van der Waals surface area contributed by atoms with Crippen molar-refractivity contribution in [2.45, 2.75) is 92.2 Å². The Morgan fingerprint density at radius 1 is 0.688 bits per heavy atom. The first-order valence-corrected chi connectivity index (χ1v) is 23.0. The van der Waals surface area contributed by atoms with Crippen molar-refractivity contribution in [3.8, 4) is 28.0 Å². The Morgan fingerprint density at radius 3 is 1.75 bits per heavy atom. The zero-order chi connectivity index (χ0) is 33.8. The molecule has 4 aromatic rings. The van der Waals surface area contributed by atoms with E-state index in [-0.39, 0.29) is 41.1 Å². The van der Waals surface area contributed by atoms with Gasteiger partial charge >= 0.3 is 41.9 Å². The molecule has 0 saturated carbocycles. The molecule has 5 heteroatoms. The zero-order valence-electron chi connectivity index (χ0n) is 30.9. The smallest absolute Gasteiger partial charge is 1.00 e. The minimum absolute atomic E-state index is 0. The van der Waals surface area contributed by atoms with Crippen LogP contribution in [0.4, 0.5) is 0 Å². The van der Waals surface area contributed by atoms with Crippen LogP contribution >= 0.6 is 0 Å². The predicted octanol–water partition coefficient (Wildman–Crippen LogP) is 5.59. The molecule has 0 N–H and O–H groups in total. The summed E-state index contributed by atoms with van der Waals surface area (Å²) in [5.74, 6) is 2.30. The molecule has 0 spiro atoms. The van der Waals surface area contributed by atoms with Gasteiger partial charge in [-0.15, -0.1) is 17.2 Å². The summed E-state index contributed by atoms with van der Waals surface area (Å²) in [5.41, 5.74) is 14.2. The Morgan fingerprint density at radius 2 is 1.23 bits per heavy atom. The summed E-state index contributed by atoms with van der Waals surface area (Å²) in [6, 6.07) is 28.8. The van der Waals surface area contributed by atoms with Gasteiger partial charge in [-0.1, -0.05) is 152 Å². The van der Waals surface area contributed by atoms with E-state index in [1.165, 1.54) is 62.1 Å². The molecule has 2 atom stereocenters. The first-order valence-electron chi connectivity index (χ1n) is 16.8. The van der Waals surface area contributed by atoms with Gasteiger partial charge in [0.2, 0.25) is 0 Å². The Bertz CT molecular complexity index is 1650. The van der Waals surface area contributed by atoms with E-state index >= 15 is 0 Å². The Labute approximate surface area is 320 Å². The molecule has 48 heavy (non-hydrogen) atoms. The second kappa shape index (κ2) is 17.8. The molecular formula is C43H54Cl2OSiZr-2. The molecule has 0 heterocycles. The fraction of sp³-hybridized carbons (Fsp3) is 0.395. The number of halogens is 2. The Hall–Kier alpha value is -1.90. The van der Waals surface area contributed by atoms with Crippen molar-refractivity contribution in [2.24, 2.45) is 11.8 Å². The maximum atomic E-state index is 5.90. The second-order valence-corrected chi connectivity index (χ2v) is 24.8. The molecule has 2 aliphatic carbocycles. The molecular weight excluding hydrogens is 723 g/mol. The molecule has 2 aliphatic rings. The average Bonchev–Trinajstić information content (AvgIpc) is 3.56. The van der Waals surface area contributed by atoms with Gasteiger partial charge in [0.15, 0.2) is 0 Å². The number of ether oxygens (including phenoxy) is 1. The van der Waals surface area contributed by atoms with Crippen LogP contribution in [0.5, 0.6) is 5.75 Å². The molecule has 0 saturated heterocycles. The summed E-state index contributed by atoms with van der Waals surface area (Å²) in [5, 5.41) is 0. The number of hydrogen-bond donors (Lipinski definition) is 0. The Balaban J connectivity index is 0.000000290. The second-order valence-electron chi connectivity index (χ2n) is 15.4. The van der Waals surface area contributed by atoms with E-state index in [0.717, 1.165) is 12.2 Å². The molecule has 6 rings (SSSR count). The minimum Gasteiger partial charge on any atom is -1.00 e. The number of hydrogen-bond acceptors (Lipinski definition) is 1. The topological polar surface area (TPSA) is 9.23 Å². The summed E-state index contributed by atoms with van der Waals surface area (Å²) in [7, 11) is 1.80. The van der Waals surface area contributed by atoms with Crippen LogP contribution in [-0.4, -0.2) is 12.5 Å². The van der Waals surface area contributed by atoms with Crippen molar-refractivity contribution < 1.29 is 52.9 Å². The minimum atomic E-state index is 0. The predicted molar refractivity (Wildman–Crippen MR) is 198 cm³/mol. The van der Waals surface area contributed by atoms with Crippen molar-refractivity contribution in [3.05, 3.63) is 125 Å². The normalized spacial score (nSPS) is 15.8. The van der Waals surface area contributed by atoms with Crippen LogP contribution in [0.2, 0.25) is 13.1 Å². The van der Waals surface area contributed by atoms with Crippen LogP contribution in [-0.2, 0) is 47.0 Å². The molecule has 4 aromatic carbocycles. The van der Waals surface area contributed by atoms with Gasteiger partial charge in [0, 0.05) is 0 Å². The van der Waals surface area contributed by atoms with Crippen molar-refractivity contribution in [1.29, 1.82) is 0 Å². The summed E-state index contributed by atoms with van der Waals surface area (Å²) < 4.78 is 5.90. The van der Waals surface area contributed by atoms with Crippen LogP contribution in [0.15, 0.2) is 78.9 Å². The van der Waals surface area contributed by atoms with E-state index in [2.05, 4.69) is 160 Å². The van der Waals surface area contributed by atoms with Gasteiger partial charge in [0.25, 0.3) is 0 Å². The fourth-order valence-corrected chi connectivity index (χ4v) is 6.56. The zero-order valence-corrected chi connectivity index (χ0v) is 35.9. The summed E-state index contributed by atoms with van der Waals surface area (Å²) in [6.07, 6.45) is 7.06. The number of fused-ring (bicyclic) bond motifs is 2. The molecule has 0 fully saturated rings. The van der Waals surface area contributed by atoms with Gasteiger partial charge in [-0.05, 0) is 33.1 Å². The van der Waals surface area contributed by atoms with E-state index in [1.807, 2.05) is 0 Å². The first kappa shape index (κ1) is 42.3. The number of rotatable bonds is 3.